The van der Waals surface area contributed by atoms with Crippen LogP contribution in [0.25, 0.3) is 11.0 Å². The zero-order chi connectivity index (χ0) is 22.7. The second kappa shape index (κ2) is 9.34. The Bertz CT molecular complexity index is 1190. The van der Waals surface area contributed by atoms with E-state index in [4.69, 9.17) is 5.10 Å². The minimum atomic E-state index is -0.266. The molecular weight excluding hydrogens is 400 g/mol. The SMILES string of the molecule is Cc1n[nH]c(C)c1CC(=O)NC(Cc1ccccc1)c1nn(CC(C)C)c2ncccc12. The molecule has 7 heteroatoms. The number of aryl methyl sites for hydroxylation is 2. The Hall–Kier alpha value is -3.48. The molecule has 0 bridgehead atoms. The van der Waals surface area contributed by atoms with Crippen LogP contribution in [0.15, 0.2) is 48.7 Å². The molecule has 0 aliphatic rings. The van der Waals surface area contributed by atoms with Crippen molar-refractivity contribution in [3.8, 4) is 0 Å². The van der Waals surface area contributed by atoms with Gasteiger partial charge in [-0.3, -0.25) is 9.89 Å². The molecular formula is C25H30N6O. The second-order valence-electron chi connectivity index (χ2n) is 8.73. The number of amides is 1. The van der Waals surface area contributed by atoms with E-state index in [1.54, 1.807) is 6.20 Å². The molecule has 0 fully saturated rings. The van der Waals surface area contributed by atoms with Crippen LogP contribution >= 0.6 is 0 Å². The molecule has 4 rings (SSSR count). The van der Waals surface area contributed by atoms with Crippen molar-refractivity contribution in [3.63, 3.8) is 0 Å². The number of aromatic amines is 1. The lowest BCUT2D eigenvalue weighted by Crippen LogP contribution is -2.32. The van der Waals surface area contributed by atoms with E-state index in [2.05, 4.69) is 46.5 Å². The first-order valence-electron chi connectivity index (χ1n) is 11.1. The molecule has 0 saturated carbocycles. The zero-order valence-electron chi connectivity index (χ0n) is 19.1. The smallest absolute Gasteiger partial charge is 0.225 e. The number of carbonyl (C=O) groups is 1. The summed E-state index contributed by atoms with van der Waals surface area (Å²) in [6.45, 7) is 8.95. The number of hydrogen-bond donors (Lipinski definition) is 2. The normalized spacial score (nSPS) is 12.4. The number of nitrogens with one attached hydrogen (secondary N) is 2. The topological polar surface area (TPSA) is 88.5 Å². The number of H-pyrrole nitrogens is 1. The number of rotatable bonds is 8. The quantitative estimate of drug-likeness (QED) is 0.441. The Kier molecular flexibility index (Phi) is 6.35. The first kappa shape index (κ1) is 21.7. The summed E-state index contributed by atoms with van der Waals surface area (Å²) in [5, 5.41) is 16.3. The van der Waals surface area contributed by atoms with Gasteiger partial charge in [0.25, 0.3) is 0 Å². The molecule has 0 aliphatic heterocycles. The maximum Gasteiger partial charge on any atom is 0.225 e. The highest BCUT2D eigenvalue weighted by atomic mass is 16.1. The predicted molar refractivity (Wildman–Crippen MR) is 125 cm³/mol. The van der Waals surface area contributed by atoms with E-state index in [0.29, 0.717) is 12.3 Å². The molecule has 0 saturated heterocycles. The van der Waals surface area contributed by atoms with Gasteiger partial charge in [0.2, 0.25) is 5.91 Å². The lowest BCUT2D eigenvalue weighted by molar-refractivity contribution is -0.121. The first-order valence-corrected chi connectivity index (χ1v) is 11.1. The van der Waals surface area contributed by atoms with Gasteiger partial charge >= 0.3 is 0 Å². The third-order valence-electron chi connectivity index (χ3n) is 5.64. The summed E-state index contributed by atoms with van der Waals surface area (Å²) >= 11 is 0. The number of hydrogen-bond acceptors (Lipinski definition) is 4. The monoisotopic (exact) mass is 430 g/mol. The van der Waals surface area contributed by atoms with E-state index < -0.39 is 0 Å². The maximum absolute atomic E-state index is 13.1. The van der Waals surface area contributed by atoms with Crippen molar-refractivity contribution in [1.82, 2.24) is 30.3 Å². The third-order valence-corrected chi connectivity index (χ3v) is 5.64. The van der Waals surface area contributed by atoms with Gasteiger partial charge in [-0.05, 0) is 43.9 Å². The van der Waals surface area contributed by atoms with Crippen LogP contribution in [0, 0.1) is 19.8 Å². The Morgan fingerprint density at radius 2 is 1.91 bits per heavy atom. The van der Waals surface area contributed by atoms with E-state index in [-0.39, 0.29) is 18.4 Å². The molecule has 4 aromatic rings. The lowest BCUT2D eigenvalue weighted by atomic mass is 10.0. The average Bonchev–Trinajstić information content (AvgIpc) is 3.29. The van der Waals surface area contributed by atoms with Gasteiger partial charge in [0.15, 0.2) is 5.65 Å². The van der Waals surface area contributed by atoms with E-state index in [1.807, 2.05) is 48.9 Å². The highest BCUT2D eigenvalue weighted by Crippen LogP contribution is 2.26. The zero-order valence-corrected chi connectivity index (χ0v) is 19.1. The highest BCUT2D eigenvalue weighted by molar-refractivity contribution is 5.82. The largest absolute Gasteiger partial charge is 0.347 e. The van der Waals surface area contributed by atoms with Crippen molar-refractivity contribution < 1.29 is 4.79 Å². The summed E-state index contributed by atoms with van der Waals surface area (Å²) in [4.78, 5) is 17.7. The van der Waals surface area contributed by atoms with Crippen molar-refractivity contribution >= 4 is 16.9 Å². The summed E-state index contributed by atoms with van der Waals surface area (Å²) in [5.41, 5.74) is 5.57. The fraction of sp³-hybridized carbons (Fsp3) is 0.360. The molecule has 1 aromatic carbocycles. The van der Waals surface area contributed by atoms with Crippen LogP contribution in [0.3, 0.4) is 0 Å². The number of nitrogens with zero attached hydrogens (tertiary/aromatic N) is 4. The van der Waals surface area contributed by atoms with Crippen LogP contribution in [0.4, 0.5) is 0 Å². The van der Waals surface area contributed by atoms with Crippen LogP contribution in [0.2, 0.25) is 0 Å². The predicted octanol–water partition coefficient (Wildman–Crippen LogP) is 4.07. The van der Waals surface area contributed by atoms with Gasteiger partial charge in [0.05, 0.1) is 23.9 Å². The molecule has 0 spiro atoms. The van der Waals surface area contributed by atoms with Crippen LogP contribution < -0.4 is 5.32 Å². The molecule has 3 aromatic heterocycles. The van der Waals surface area contributed by atoms with Gasteiger partial charge in [-0.15, -0.1) is 0 Å². The summed E-state index contributed by atoms with van der Waals surface area (Å²) < 4.78 is 1.96. The second-order valence-corrected chi connectivity index (χ2v) is 8.73. The van der Waals surface area contributed by atoms with Crippen molar-refractivity contribution in [1.29, 1.82) is 0 Å². The first-order chi connectivity index (χ1) is 15.4. The molecule has 1 unspecified atom stereocenters. The minimum absolute atomic E-state index is 0.0472. The van der Waals surface area contributed by atoms with Gasteiger partial charge in [-0.1, -0.05) is 44.2 Å². The van der Waals surface area contributed by atoms with Crippen LogP contribution in [-0.2, 0) is 24.2 Å². The molecule has 0 radical (unpaired) electrons. The molecule has 7 nitrogen and oxygen atoms in total. The van der Waals surface area contributed by atoms with Crippen molar-refractivity contribution in [2.24, 2.45) is 5.92 Å². The van der Waals surface area contributed by atoms with E-state index in [0.717, 1.165) is 45.8 Å². The van der Waals surface area contributed by atoms with Gasteiger partial charge in [-0.2, -0.15) is 10.2 Å². The average molecular weight is 431 g/mol. The van der Waals surface area contributed by atoms with E-state index in [9.17, 15) is 4.79 Å². The number of carbonyl (C=O) groups excluding carboxylic acids is 1. The maximum atomic E-state index is 13.1. The minimum Gasteiger partial charge on any atom is -0.347 e. The van der Waals surface area contributed by atoms with Crippen molar-refractivity contribution in [2.75, 3.05) is 0 Å². The number of pyridine rings is 1. The van der Waals surface area contributed by atoms with Crippen molar-refractivity contribution in [2.45, 2.75) is 53.1 Å². The number of fused-ring (bicyclic) bond motifs is 1. The molecule has 1 amide bonds. The molecule has 1 atom stereocenters. The molecule has 0 aliphatic carbocycles. The van der Waals surface area contributed by atoms with Crippen LogP contribution in [-0.4, -0.2) is 30.9 Å². The van der Waals surface area contributed by atoms with Crippen LogP contribution in [0.5, 0.6) is 0 Å². The number of aromatic nitrogens is 5. The van der Waals surface area contributed by atoms with E-state index >= 15 is 0 Å². The Morgan fingerprint density at radius 3 is 2.59 bits per heavy atom. The molecule has 3 heterocycles. The fourth-order valence-corrected chi connectivity index (χ4v) is 4.07. The lowest BCUT2D eigenvalue weighted by Gasteiger charge is -2.18. The van der Waals surface area contributed by atoms with Crippen LogP contribution in [0.1, 0.15) is 48.1 Å². The molecule has 166 valence electrons. The fourth-order valence-electron chi connectivity index (χ4n) is 4.07. The molecule has 32 heavy (non-hydrogen) atoms. The third kappa shape index (κ3) is 4.72. The van der Waals surface area contributed by atoms with Gasteiger partial charge in [-0.25, -0.2) is 9.67 Å². The number of benzene rings is 1. The Labute approximate surface area is 188 Å². The summed E-state index contributed by atoms with van der Waals surface area (Å²) in [5.74, 6) is 0.385. The standard InChI is InChI=1S/C25H30N6O/c1-16(2)15-31-25-20(11-8-12-26-25)24(30-31)22(13-19-9-6-5-7-10-19)27-23(32)14-21-17(3)28-29-18(21)4/h5-12,16,22H,13-15H2,1-4H3,(H,27,32)(H,28,29). The van der Waals surface area contributed by atoms with Gasteiger partial charge < -0.3 is 5.32 Å². The van der Waals surface area contributed by atoms with Gasteiger partial charge in [0.1, 0.15) is 0 Å². The van der Waals surface area contributed by atoms with Crippen molar-refractivity contribution in [3.05, 3.63) is 76.9 Å². The Balaban J connectivity index is 1.69. The summed E-state index contributed by atoms with van der Waals surface area (Å²) in [7, 11) is 0. The van der Waals surface area contributed by atoms with Gasteiger partial charge in [0, 0.05) is 29.4 Å². The Morgan fingerprint density at radius 1 is 1.12 bits per heavy atom. The molecule has 2 N–H and O–H groups in total. The summed E-state index contributed by atoms with van der Waals surface area (Å²) in [6.07, 6.45) is 2.72. The highest BCUT2D eigenvalue weighted by Gasteiger charge is 2.24. The summed E-state index contributed by atoms with van der Waals surface area (Å²) in [6, 6.07) is 13.9. The van der Waals surface area contributed by atoms with E-state index in [1.165, 1.54) is 0 Å².